The third-order valence-electron chi connectivity index (χ3n) is 2.02. The number of halogens is 1. The molecule has 0 aliphatic heterocycles. The van der Waals surface area contributed by atoms with Crippen molar-refractivity contribution < 1.29 is 12.4 Å². The summed E-state index contributed by atoms with van der Waals surface area (Å²) in [6, 6.07) is 4.67. The quantitative estimate of drug-likeness (QED) is 0.671. The van der Waals surface area contributed by atoms with Crippen LogP contribution in [0.1, 0.15) is 25.8 Å². The summed E-state index contributed by atoms with van der Waals surface area (Å²) >= 11 is 0. The Morgan fingerprint density at radius 2 is 2.00 bits per heavy atom. The van der Waals surface area contributed by atoms with Crippen molar-refractivity contribution >= 4 is 0 Å². The summed E-state index contributed by atoms with van der Waals surface area (Å²) in [5.74, 6) is 0. The molecule has 3 heteroatoms. The number of pyridine rings is 1. The zero-order valence-electron chi connectivity index (χ0n) is 8.13. The summed E-state index contributed by atoms with van der Waals surface area (Å²) in [4.78, 5) is 3.96. The second-order valence-corrected chi connectivity index (χ2v) is 3.05. The molecule has 1 unspecified atom stereocenters. The predicted octanol–water partition coefficient (Wildman–Crippen LogP) is -1.03. The van der Waals surface area contributed by atoms with Gasteiger partial charge in [-0.3, -0.25) is 4.98 Å². The van der Waals surface area contributed by atoms with Crippen LogP contribution in [0.2, 0.25) is 0 Å². The lowest BCUT2D eigenvalue weighted by atomic mass is 10.2. The first-order valence-electron chi connectivity index (χ1n) is 4.45. The van der Waals surface area contributed by atoms with Crippen LogP contribution in [0.15, 0.2) is 24.5 Å². The van der Waals surface area contributed by atoms with Gasteiger partial charge >= 0.3 is 0 Å². The van der Waals surface area contributed by atoms with Crippen LogP contribution in [0.3, 0.4) is 0 Å². The lowest BCUT2D eigenvalue weighted by molar-refractivity contribution is -0.00000277. The SMILES string of the molecule is CCC(C)NCc1ccncc1.[Cl-]. The molecule has 1 atom stereocenters. The van der Waals surface area contributed by atoms with Gasteiger partial charge in [0.1, 0.15) is 0 Å². The van der Waals surface area contributed by atoms with Gasteiger partial charge < -0.3 is 17.7 Å². The zero-order valence-corrected chi connectivity index (χ0v) is 8.88. The molecule has 0 radical (unpaired) electrons. The Bertz CT molecular complexity index is 213. The summed E-state index contributed by atoms with van der Waals surface area (Å²) in [5.41, 5.74) is 1.30. The van der Waals surface area contributed by atoms with Gasteiger partial charge in [-0.2, -0.15) is 0 Å². The topological polar surface area (TPSA) is 24.9 Å². The molecule has 0 aliphatic rings. The molecular formula is C10H16ClN2-. The maximum Gasteiger partial charge on any atom is 0.0271 e. The summed E-state index contributed by atoms with van der Waals surface area (Å²) in [6.45, 7) is 5.32. The van der Waals surface area contributed by atoms with E-state index >= 15 is 0 Å². The molecule has 0 spiro atoms. The largest absolute Gasteiger partial charge is 1.00 e. The van der Waals surface area contributed by atoms with Crippen molar-refractivity contribution in [2.45, 2.75) is 32.9 Å². The van der Waals surface area contributed by atoms with Gasteiger partial charge in [0.2, 0.25) is 0 Å². The molecule has 74 valence electrons. The van der Waals surface area contributed by atoms with Crippen molar-refractivity contribution in [3.63, 3.8) is 0 Å². The van der Waals surface area contributed by atoms with E-state index in [2.05, 4.69) is 24.1 Å². The van der Waals surface area contributed by atoms with E-state index in [1.165, 1.54) is 12.0 Å². The van der Waals surface area contributed by atoms with Gasteiger partial charge in [-0.1, -0.05) is 6.92 Å². The monoisotopic (exact) mass is 199 g/mol. The molecule has 0 aliphatic carbocycles. The van der Waals surface area contributed by atoms with Crippen LogP contribution >= 0.6 is 0 Å². The molecule has 0 aromatic carbocycles. The maximum atomic E-state index is 3.96. The first-order chi connectivity index (χ1) is 5.83. The minimum absolute atomic E-state index is 0. The number of nitrogens with zero attached hydrogens (tertiary/aromatic N) is 1. The lowest BCUT2D eigenvalue weighted by Crippen LogP contribution is -3.00. The first-order valence-corrected chi connectivity index (χ1v) is 4.45. The first kappa shape index (κ1) is 12.4. The molecule has 1 N–H and O–H groups in total. The Hall–Kier alpha value is -0.600. The fraction of sp³-hybridized carbons (Fsp3) is 0.500. The van der Waals surface area contributed by atoms with E-state index in [1.54, 1.807) is 0 Å². The van der Waals surface area contributed by atoms with Crippen molar-refractivity contribution in [1.29, 1.82) is 0 Å². The average molecular weight is 200 g/mol. The summed E-state index contributed by atoms with van der Waals surface area (Å²) in [6.07, 6.45) is 4.83. The van der Waals surface area contributed by atoms with Crippen LogP contribution in [-0.4, -0.2) is 11.0 Å². The number of aromatic nitrogens is 1. The highest BCUT2D eigenvalue weighted by Crippen LogP contribution is 1.97. The minimum atomic E-state index is 0. The number of rotatable bonds is 4. The minimum Gasteiger partial charge on any atom is -1.00 e. The molecule has 0 amide bonds. The molecule has 0 saturated carbocycles. The van der Waals surface area contributed by atoms with E-state index in [0.29, 0.717) is 6.04 Å². The van der Waals surface area contributed by atoms with Crippen LogP contribution in [-0.2, 0) is 6.54 Å². The lowest BCUT2D eigenvalue weighted by Gasteiger charge is -2.10. The number of nitrogens with one attached hydrogen (secondary N) is 1. The Morgan fingerprint density at radius 3 is 2.54 bits per heavy atom. The fourth-order valence-electron chi connectivity index (χ4n) is 0.937. The third kappa shape index (κ3) is 4.86. The van der Waals surface area contributed by atoms with Gasteiger partial charge in [0, 0.05) is 25.0 Å². The van der Waals surface area contributed by atoms with Gasteiger partial charge in [0.25, 0.3) is 0 Å². The van der Waals surface area contributed by atoms with Crippen molar-refractivity contribution in [3.05, 3.63) is 30.1 Å². The standard InChI is InChI=1S/C10H16N2.ClH/c1-3-9(2)12-8-10-4-6-11-7-5-10;/h4-7,9,12H,3,8H2,1-2H3;1H/p-1. The molecule has 13 heavy (non-hydrogen) atoms. The molecule has 2 nitrogen and oxygen atoms in total. The molecule has 1 aromatic rings. The van der Waals surface area contributed by atoms with Crippen molar-refractivity contribution in [2.24, 2.45) is 0 Å². The summed E-state index contributed by atoms with van der Waals surface area (Å²) in [5, 5.41) is 3.42. The number of hydrogen-bond acceptors (Lipinski definition) is 2. The van der Waals surface area contributed by atoms with Gasteiger partial charge in [0.05, 0.1) is 0 Å². The van der Waals surface area contributed by atoms with E-state index in [4.69, 9.17) is 0 Å². The van der Waals surface area contributed by atoms with Gasteiger partial charge in [-0.15, -0.1) is 0 Å². The van der Waals surface area contributed by atoms with Gasteiger partial charge in [-0.25, -0.2) is 0 Å². The van der Waals surface area contributed by atoms with Crippen LogP contribution in [0.5, 0.6) is 0 Å². The highest BCUT2D eigenvalue weighted by molar-refractivity contribution is 5.09. The molecule has 1 aromatic heterocycles. The predicted molar refractivity (Wildman–Crippen MR) is 50.8 cm³/mol. The Kier molecular flexibility index (Phi) is 6.55. The van der Waals surface area contributed by atoms with E-state index in [0.717, 1.165) is 6.54 Å². The zero-order chi connectivity index (χ0) is 8.81. The van der Waals surface area contributed by atoms with Crippen LogP contribution in [0.25, 0.3) is 0 Å². The second kappa shape index (κ2) is 6.87. The fourth-order valence-corrected chi connectivity index (χ4v) is 0.937. The van der Waals surface area contributed by atoms with E-state index < -0.39 is 0 Å². The molecule has 1 rings (SSSR count). The second-order valence-electron chi connectivity index (χ2n) is 3.05. The number of hydrogen-bond donors (Lipinski definition) is 1. The molecular weight excluding hydrogens is 184 g/mol. The molecule has 0 fully saturated rings. The van der Waals surface area contributed by atoms with E-state index in [-0.39, 0.29) is 12.4 Å². The Balaban J connectivity index is 0.00000144. The van der Waals surface area contributed by atoms with Crippen molar-refractivity contribution in [2.75, 3.05) is 0 Å². The van der Waals surface area contributed by atoms with Crippen molar-refractivity contribution in [3.8, 4) is 0 Å². The van der Waals surface area contributed by atoms with E-state index in [9.17, 15) is 0 Å². The molecule has 1 heterocycles. The highest BCUT2D eigenvalue weighted by Gasteiger charge is 1.96. The van der Waals surface area contributed by atoms with Crippen LogP contribution < -0.4 is 17.7 Å². The van der Waals surface area contributed by atoms with Crippen molar-refractivity contribution in [1.82, 2.24) is 10.3 Å². The Morgan fingerprint density at radius 1 is 1.38 bits per heavy atom. The van der Waals surface area contributed by atoms with Crippen LogP contribution in [0, 0.1) is 0 Å². The average Bonchev–Trinajstić information content (AvgIpc) is 2.16. The summed E-state index contributed by atoms with van der Waals surface area (Å²) < 4.78 is 0. The van der Waals surface area contributed by atoms with E-state index in [1.807, 2.05) is 24.5 Å². The molecule has 0 saturated heterocycles. The normalized spacial score (nSPS) is 11.8. The summed E-state index contributed by atoms with van der Waals surface area (Å²) in [7, 11) is 0. The smallest absolute Gasteiger partial charge is 0.0271 e. The highest BCUT2D eigenvalue weighted by atomic mass is 35.5. The molecule has 0 bridgehead atoms. The van der Waals surface area contributed by atoms with Gasteiger partial charge in [0.15, 0.2) is 0 Å². The van der Waals surface area contributed by atoms with Crippen LogP contribution in [0.4, 0.5) is 0 Å². The van der Waals surface area contributed by atoms with Gasteiger partial charge in [-0.05, 0) is 31.0 Å². The Labute approximate surface area is 86.2 Å². The maximum absolute atomic E-state index is 3.96. The third-order valence-corrected chi connectivity index (χ3v) is 2.02.